The zero-order valence-corrected chi connectivity index (χ0v) is 22.5. The summed E-state index contributed by atoms with van der Waals surface area (Å²) in [6.45, 7) is 7.44. The number of aromatic nitrogens is 4. The number of halogens is 1. The minimum atomic E-state index is 0.0249. The Morgan fingerprint density at radius 3 is 2.54 bits per heavy atom. The fourth-order valence-corrected chi connectivity index (χ4v) is 5.39. The molecule has 2 aromatic carbocycles. The molecule has 8 nitrogen and oxygen atoms in total. The van der Waals surface area contributed by atoms with Gasteiger partial charge in [0.05, 0.1) is 0 Å². The molecule has 182 valence electrons. The predicted molar refractivity (Wildman–Crippen MR) is 143 cm³/mol. The van der Waals surface area contributed by atoms with E-state index in [1.54, 1.807) is 18.1 Å². The van der Waals surface area contributed by atoms with Crippen LogP contribution in [0, 0.1) is 0 Å². The molecule has 2 N–H and O–H groups in total. The number of imidazole rings is 1. The molecule has 0 bridgehead atoms. The predicted octanol–water partition coefficient (Wildman–Crippen LogP) is 5.96. The maximum atomic E-state index is 5.58. The molecule has 35 heavy (non-hydrogen) atoms. The van der Waals surface area contributed by atoms with E-state index in [1.165, 1.54) is 5.56 Å². The fraction of sp³-hybridized carbons (Fsp3) is 0.320. The van der Waals surface area contributed by atoms with E-state index in [0.29, 0.717) is 5.82 Å². The van der Waals surface area contributed by atoms with Gasteiger partial charge in [0, 0.05) is 34.2 Å². The molecular weight excluding hydrogens is 528 g/mol. The molecule has 0 aliphatic carbocycles. The zero-order valence-electron chi connectivity index (χ0n) is 20.1. The van der Waals surface area contributed by atoms with Crippen LogP contribution in [0.25, 0.3) is 11.2 Å². The van der Waals surface area contributed by atoms with Crippen molar-refractivity contribution in [2.24, 2.45) is 0 Å². The highest BCUT2D eigenvalue weighted by atomic mass is 79.9. The molecule has 0 unspecified atom stereocenters. The molecule has 4 aromatic rings. The SMILES string of the molecule is CNc1ncnc2c1nc(Sc1cc3c(cc1Br)OCO3)n2CCc1ccc(NC(C)(C)C)cc1. The smallest absolute Gasteiger partial charge is 0.231 e. The number of nitrogens with one attached hydrogen (secondary N) is 2. The third-order valence-corrected chi connectivity index (χ3v) is 7.43. The number of benzene rings is 2. The van der Waals surface area contributed by atoms with Crippen molar-refractivity contribution in [2.45, 2.75) is 49.3 Å². The van der Waals surface area contributed by atoms with E-state index < -0.39 is 0 Å². The number of anilines is 2. The molecule has 0 fully saturated rings. The number of fused-ring (bicyclic) bond motifs is 2. The first kappa shape index (κ1) is 23.7. The first-order chi connectivity index (χ1) is 16.8. The summed E-state index contributed by atoms with van der Waals surface area (Å²) >= 11 is 5.23. The van der Waals surface area contributed by atoms with Gasteiger partial charge in [0.25, 0.3) is 0 Å². The first-order valence-corrected chi connectivity index (χ1v) is 12.9. The zero-order chi connectivity index (χ0) is 24.6. The Morgan fingerprint density at radius 2 is 1.83 bits per heavy atom. The highest BCUT2D eigenvalue weighted by molar-refractivity contribution is 9.10. The van der Waals surface area contributed by atoms with Crippen LogP contribution >= 0.6 is 27.7 Å². The van der Waals surface area contributed by atoms with Crippen LogP contribution in [0.3, 0.4) is 0 Å². The van der Waals surface area contributed by atoms with Gasteiger partial charge in [-0.1, -0.05) is 23.9 Å². The van der Waals surface area contributed by atoms with E-state index in [2.05, 4.69) is 86.1 Å². The van der Waals surface area contributed by atoms with Gasteiger partial charge in [-0.15, -0.1) is 0 Å². The van der Waals surface area contributed by atoms with Crippen LogP contribution in [-0.4, -0.2) is 38.9 Å². The summed E-state index contributed by atoms with van der Waals surface area (Å²) in [5, 5.41) is 7.47. The Bertz CT molecular complexity index is 1370. The maximum absolute atomic E-state index is 5.58. The van der Waals surface area contributed by atoms with Gasteiger partial charge in [0.1, 0.15) is 6.33 Å². The molecule has 0 atom stereocenters. The Kier molecular flexibility index (Phi) is 6.50. The average molecular weight is 556 g/mol. The minimum Gasteiger partial charge on any atom is -0.454 e. The Hall–Kier alpha value is -2.98. The van der Waals surface area contributed by atoms with Gasteiger partial charge in [-0.3, -0.25) is 0 Å². The molecule has 2 aromatic heterocycles. The van der Waals surface area contributed by atoms with Crippen molar-refractivity contribution in [1.29, 1.82) is 0 Å². The van der Waals surface area contributed by atoms with Crippen molar-refractivity contribution >= 4 is 50.4 Å². The van der Waals surface area contributed by atoms with Gasteiger partial charge in [0.15, 0.2) is 33.6 Å². The molecule has 0 saturated carbocycles. The van der Waals surface area contributed by atoms with E-state index in [9.17, 15) is 0 Å². The van der Waals surface area contributed by atoms with Crippen LogP contribution < -0.4 is 20.1 Å². The second-order valence-electron chi connectivity index (χ2n) is 9.25. The van der Waals surface area contributed by atoms with Crippen LogP contribution in [0.15, 0.2) is 57.3 Å². The molecule has 0 spiro atoms. The molecular formula is C25H27BrN6O2S. The van der Waals surface area contributed by atoms with Crippen molar-refractivity contribution in [3.8, 4) is 11.5 Å². The van der Waals surface area contributed by atoms with Crippen LogP contribution in [0.5, 0.6) is 11.5 Å². The number of nitrogens with zero attached hydrogens (tertiary/aromatic N) is 4. The molecule has 0 radical (unpaired) electrons. The largest absolute Gasteiger partial charge is 0.454 e. The Labute approximate surface area is 217 Å². The van der Waals surface area contributed by atoms with E-state index in [1.807, 2.05) is 19.2 Å². The van der Waals surface area contributed by atoms with Crippen molar-refractivity contribution < 1.29 is 9.47 Å². The lowest BCUT2D eigenvalue weighted by Crippen LogP contribution is -2.25. The summed E-state index contributed by atoms with van der Waals surface area (Å²) in [6, 6.07) is 12.5. The Morgan fingerprint density at radius 1 is 1.09 bits per heavy atom. The second kappa shape index (κ2) is 9.58. The van der Waals surface area contributed by atoms with E-state index >= 15 is 0 Å². The highest BCUT2D eigenvalue weighted by Gasteiger charge is 2.21. The topological polar surface area (TPSA) is 86.1 Å². The maximum Gasteiger partial charge on any atom is 0.231 e. The number of aryl methyl sites for hydroxylation is 2. The van der Waals surface area contributed by atoms with Crippen LogP contribution in [0.1, 0.15) is 26.3 Å². The molecule has 5 rings (SSSR count). The number of hydrogen-bond acceptors (Lipinski definition) is 8. The van der Waals surface area contributed by atoms with Crippen molar-refractivity contribution in [2.75, 3.05) is 24.5 Å². The molecule has 3 heterocycles. The normalized spacial score (nSPS) is 12.8. The van der Waals surface area contributed by atoms with Crippen LogP contribution in [-0.2, 0) is 13.0 Å². The average Bonchev–Trinajstić information content (AvgIpc) is 3.41. The first-order valence-electron chi connectivity index (χ1n) is 11.3. The number of ether oxygens (including phenoxy) is 2. The van der Waals surface area contributed by atoms with Gasteiger partial charge in [-0.25, -0.2) is 15.0 Å². The standard InChI is InChI=1S/C25H27BrN6O2S/c1-25(2,3)31-16-7-5-15(6-8-16)9-10-32-23-21(22(27-4)28-13-29-23)30-24(32)35-20-12-19-18(11-17(20)26)33-14-34-19/h5-8,11-13,31H,9-10,14H2,1-4H3,(H,27,28,29). The van der Waals surface area contributed by atoms with Crippen LogP contribution in [0.2, 0.25) is 0 Å². The lowest BCUT2D eigenvalue weighted by atomic mass is 10.1. The second-order valence-corrected chi connectivity index (χ2v) is 11.1. The fourth-order valence-electron chi connectivity index (χ4n) is 3.88. The Balaban J connectivity index is 1.45. The third-order valence-electron chi connectivity index (χ3n) is 5.46. The van der Waals surface area contributed by atoms with E-state index in [-0.39, 0.29) is 12.3 Å². The number of rotatable bonds is 7. The quantitative estimate of drug-likeness (QED) is 0.289. The molecule has 10 heteroatoms. The van der Waals surface area contributed by atoms with Crippen LogP contribution in [0.4, 0.5) is 11.5 Å². The van der Waals surface area contributed by atoms with Gasteiger partial charge < -0.3 is 24.7 Å². The summed E-state index contributed by atoms with van der Waals surface area (Å²) in [6.07, 6.45) is 2.42. The molecule has 1 aliphatic heterocycles. The van der Waals surface area contributed by atoms with Gasteiger partial charge >= 0.3 is 0 Å². The summed E-state index contributed by atoms with van der Waals surface area (Å²) in [5.41, 5.74) is 3.93. The van der Waals surface area contributed by atoms with Gasteiger partial charge in [-0.05, 0) is 73.0 Å². The highest BCUT2D eigenvalue weighted by Crippen LogP contribution is 2.43. The third kappa shape index (κ3) is 5.18. The molecule has 0 saturated heterocycles. The van der Waals surface area contributed by atoms with E-state index in [0.717, 1.165) is 55.8 Å². The van der Waals surface area contributed by atoms with Gasteiger partial charge in [-0.2, -0.15) is 0 Å². The van der Waals surface area contributed by atoms with E-state index in [4.69, 9.17) is 14.5 Å². The van der Waals surface area contributed by atoms with Crippen molar-refractivity contribution in [3.05, 3.63) is 52.8 Å². The monoisotopic (exact) mass is 554 g/mol. The molecule has 0 amide bonds. The minimum absolute atomic E-state index is 0.0249. The lowest BCUT2D eigenvalue weighted by molar-refractivity contribution is 0.174. The van der Waals surface area contributed by atoms with Gasteiger partial charge in [0.2, 0.25) is 6.79 Å². The number of hydrogen-bond donors (Lipinski definition) is 2. The summed E-state index contributed by atoms with van der Waals surface area (Å²) < 4.78 is 14.2. The summed E-state index contributed by atoms with van der Waals surface area (Å²) in [4.78, 5) is 14.8. The van der Waals surface area contributed by atoms with Crippen molar-refractivity contribution in [3.63, 3.8) is 0 Å². The van der Waals surface area contributed by atoms with Crippen molar-refractivity contribution in [1.82, 2.24) is 19.5 Å². The lowest BCUT2D eigenvalue weighted by Gasteiger charge is -2.22. The summed E-state index contributed by atoms with van der Waals surface area (Å²) in [5.74, 6) is 2.18. The summed E-state index contributed by atoms with van der Waals surface area (Å²) in [7, 11) is 1.84. The molecule has 1 aliphatic rings.